The Kier molecular flexibility index (Phi) is 2.50. The largest absolute Gasteiger partial charge is 0.381 e. The van der Waals surface area contributed by atoms with E-state index in [1.54, 1.807) is 4.68 Å². The van der Waals surface area contributed by atoms with Gasteiger partial charge < -0.3 is 10.5 Å². The van der Waals surface area contributed by atoms with Crippen LogP contribution in [0.4, 0.5) is 5.95 Å². The van der Waals surface area contributed by atoms with Crippen LogP contribution in [0, 0.1) is 5.92 Å². The number of nitrogens with two attached hydrogens (primary N) is 1. The molecule has 1 atom stereocenters. The Morgan fingerprint density at radius 2 is 2.54 bits per heavy atom. The van der Waals surface area contributed by atoms with Crippen LogP contribution in [0.25, 0.3) is 0 Å². The Morgan fingerprint density at radius 3 is 3.08 bits per heavy atom. The molecule has 1 fully saturated rings. The molecule has 72 valence electrons. The topological polar surface area (TPSA) is 66.0 Å². The lowest BCUT2D eigenvalue weighted by Gasteiger charge is -2.06. The summed E-state index contributed by atoms with van der Waals surface area (Å²) in [7, 11) is 0. The summed E-state index contributed by atoms with van der Waals surface area (Å²) in [6.45, 7) is 2.49. The van der Waals surface area contributed by atoms with Gasteiger partial charge in [0, 0.05) is 19.1 Å². The van der Waals surface area contributed by atoms with Crippen molar-refractivity contribution in [3.63, 3.8) is 0 Å². The molecule has 1 aromatic heterocycles. The Labute approximate surface area is 84.4 Å². The highest BCUT2D eigenvalue weighted by Gasteiger charge is 2.18. The highest BCUT2D eigenvalue weighted by atomic mass is 79.9. The van der Waals surface area contributed by atoms with Gasteiger partial charge in [-0.15, -0.1) is 5.10 Å². The zero-order valence-corrected chi connectivity index (χ0v) is 8.70. The van der Waals surface area contributed by atoms with E-state index in [1.165, 1.54) is 0 Å². The smallest absolute Gasteiger partial charge is 0.240 e. The second-order valence-corrected chi connectivity index (χ2v) is 3.86. The summed E-state index contributed by atoms with van der Waals surface area (Å²) in [5.41, 5.74) is 5.45. The lowest BCUT2D eigenvalue weighted by Crippen LogP contribution is -2.12. The number of anilines is 1. The van der Waals surface area contributed by atoms with Gasteiger partial charge >= 0.3 is 0 Å². The van der Waals surface area contributed by atoms with E-state index in [9.17, 15) is 0 Å². The molecule has 13 heavy (non-hydrogen) atoms. The first-order chi connectivity index (χ1) is 6.25. The van der Waals surface area contributed by atoms with E-state index in [4.69, 9.17) is 10.5 Å². The molecule has 1 aliphatic rings. The molecule has 1 unspecified atom stereocenters. The molecule has 0 saturated carbocycles. The molecule has 0 bridgehead atoms. The van der Waals surface area contributed by atoms with Crippen molar-refractivity contribution in [2.75, 3.05) is 18.9 Å². The Morgan fingerprint density at radius 1 is 1.69 bits per heavy atom. The molecule has 0 spiro atoms. The predicted octanol–water partition coefficient (Wildman–Crippen LogP) is 0.659. The summed E-state index contributed by atoms with van der Waals surface area (Å²) in [5, 5.41) is 4.05. The van der Waals surface area contributed by atoms with Gasteiger partial charge in [-0.05, 0) is 22.4 Å². The van der Waals surface area contributed by atoms with Crippen molar-refractivity contribution in [1.82, 2.24) is 14.8 Å². The fourth-order valence-corrected chi connectivity index (χ4v) is 1.83. The highest BCUT2D eigenvalue weighted by Crippen LogP contribution is 2.17. The van der Waals surface area contributed by atoms with Gasteiger partial charge in [-0.25, -0.2) is 4.68 Å². The molecule has 1 aliphatic heterocycles. The van der Waals surface area contributed by atoms with Gasteiger partial charge in [-0.2, -0.15) is 4.98 Å². The minimum absolute atomic E-state index is 0.311. The third-order valence-electron chi connectivity index (χ3n) is 2.10. The molecule has 0 aliphatic carbocycles. The van der Waals surface area contributed by atoms with Crippen LogP contribution < -0.4 is 5.73 Å². The van der Waals surface area contributed by atoms with Gasteiger partial charge in [0.2, 0.25) is 5.95 Å². The van der Waals surface area contributed by atoms with Crippen molar-refractivity contribution < 1.29 is 4.74 Å². The number of nitrogen functional groups attached to an aromatic ring is 1. The Bertz CT molecular complexity index is 295. The zero-order chi connectivity index (χ0) is 9.26. The Balaban J connectivity index is 2.03. The lowest BCUT2D eigenvalue weighted by atomic mass is 10.1. The van der Waals surface area contributed by atoms with Crippen molar-refractivity contribution in [1.29, 1.82) is 0 Å². The molecule has 0 amide bonds. The number of rotatable bonds is 2. The lowest BCUT2D eigenvalue weighted by molar-refractivity contribution is 0.181. The first-order valence-electron chi connectivity index (χ1n) is 4.19. The van der Waals surface area contributed by atoms with Gasteiger partial charge in [0.1, 0.15) is 0 Å². The van der Waals surface area contributed by atoms with Crippen LogP contribution in [0.15, 0.2) is 4.73 Å². The van der Waals surface area contributed by atoms with E-state index in [0.717, 1.165) is 26.2 Å². The van der Waals surface area contributed by atoms with E-state index in [2.05, 4.69) is 26.0 Å². The molecule has 1 aromatic rings. The SMILES string of the molecule is Nc1nc(Br)n(CC2CCOC2)n1. The molecule has 2 rings (SSSR count). The molecular formula is C7H11BrN4O. The number of aromatic nitrogens is 3. The van der Waals surface area contributed by atoms with E-state index < -0.39 is 0 Å². The number of halogens is 1. The molecule has 1 saturated heterocycles. The summed E-state index contributed by atoms with van der Waals surface area (Å²) in [6.07, 6.45) is 1.09. The quantitative estimate of drug-likeness (QED) is 0.833. The predicted molar refractivity (Wildman–Crippen MR) is 51.1 cm³/mol. The van der Waals surface area contributed by atoms with Crippen LogP contribution in [0.1, 0.15) is 6.42 Å². The normalized spacial score (nSPS) is 22.4. The van der Waals surface area contributed by atoms with Gasteiger partial charge in [0.05, 0.1) is 6.61 Å². The van der Waals surface area contributed by atoms with E-state index in [-0.39, 0.29) is 0 Å². The van der Waals surface area contributed by atoms with Crippen molar-refractivity contribution in [2.45, 2.75) is 13.0 Å². The van der Waals surface area contributed by atoms with Gasteiger partial charge in [0.15, 0.2) is 4.73 Å². The second-order valence-electron chi connectivity index (χ2n) is 3.15. The molecule has 2 heterocycles. The van der Waals surface area contributed by atoms with Crippen molar-refractivity contribution in [3.05, 3.63) is 4.73 Å². The van der Waals surface area contributed by atoms with E-state index in [1.807, 2.05) is 0 Å². The maximum atomic E-state index is 5.45. The fraction of sp³-hybridized carbons (Fsp3) is 0.714. The van der Waals surface area contributed by atoms with Crippen LogP contribution in [0.2, 0.25) is 0 Å². The van der Waals surface area contributed by atoms with Crippen LogP contribution in [-0.2, 0) is 11.3 Å². The van der Waals surface area contributed by atoms with Crippen LogP contribution in [0.3, 0.4) is 0 Å². The summed E-state index contributed by atoms with van der Waals surface area (Å²) < 4.78 is 7.73. The minimum atomic E-state index is 0.311. The van der Waals surface area contributed by atoms with E-state index in [0.29, 0.717) is 16.6 Å². The highest BCUT2D eigenvalue weighted by molar-refractivity contribution is 9.10. The van der Waals surface area contributed by atoms with Gasteiger partial charge in [-0.1, -0.05) is 0 Å². The van der Waals surface area contributed by atoms with Crippen LogP contribution in [0.5, 0.6) is 0 Å². The average Bonchev–Trinajstić information content (AvgIpc) is 2.63. The molecule has 0 aromatic carbocycles. The summed E-state index contributed by atoms with van der Waals surface area (Å²) >= 11 is 3.29. The average molecular weight is 247 g/mol. The fourth-order valence-electron chi connectivity index (χ4n) is 1.43. The zero-order valence-electron chi connectivity index (χ0n) is 7.11. The summed E-state index contributed by atoms with van der Waals surface area (Å²) in [6, 6.07) is 0. The van der Waals surface area contributed by atoms with Crippen LogP contribution in [-0.4, -0.2) is 28.0 Å². The van der Waals surface area contributed by atoms with Crippen molar-refractivity contribution in [2.24, 2.45) is 5.92 Å². The summed E-state index contributed by atoms with van der Waals surface area (Å²) in [5.74, 6) is 0.850. The maximum absolute atomic E-state index is 5.45. The van der Waals surface area contributed by atoms with Gasteiger partial charge in [-0.3, -0.25) is 0 Å². The number of hydrogen-bond acceptors (Lipinski definition) is 4. The third kappa shape index (κ3) is 2.00. The van der Waals surface area contributed by atoms with E-state index >= 15 is 0 Å². The number of hydrogen-bond donors (Lipinski definition) is 1. The Hall–Kier alpha value is -0.620. The van der Waals surface area contributed by atoms with Gasteiger partial charge in [0.25, 0.3) is 0 Å². The molecular weight excluding hydrogens is 236 g/mol. The maximum Gasteiger partial charge on any atom is 0.240 e. The minimum Gasteiger partial charge on any atom is -0.381 e. The van der Waals surface area contributed by atoms with Crippen molar-refractivity contribution in [3.8, 4) is 0 Å². The van der Waals surface area contributed by atoms with Crippen molar-refractivity contribution >= 4 is 21.9 Å². The first-order valence-corrected chi connectivity index (χ1v) is 4.98. The molecule has 6 heteroatoms. The van der Waals surface area contributed by atoms with Crippen LogP contribution >= 0.6 is 15.9 Å². The molecule has 5 nitrogen and oxygen atoms in total. The number of ether oxygens (including phenoxy) is 1. The third-order valence-corrected chi connectivity index (χ3v) is 2.68. The molecule has 2 N–H and O–H groups in total. The standard InChI is InChI=1S/C7H11BrN4O/c8-6-10-7(9)11-12(6)3-5-1-2-13-4-5/h5H,1-4H2,(H2,9,11). The first kappa shape index (κ1) is 8.96. The molecule has 0 radical (unpaired) electrons. The second kappa shape index (κ2) is 3.63. The summed E-state index contributed by atoms with van der Waals surface area (Å²) in [4.78, 5) is 3.96. The number of nitrogens with zero attached hydrogens (tertiary/aromatic N) is 3. The monoisotopic (exact) mass is 246 g/mol.